The Bertz CT molecular complexity index is 390. The average molecular weight is 427 g/mol. The fourth-order valence-electron chi connectivity index (χ4n) is 4.59. The van der Waals surface area contributed by atoms with E-state index in [0.717, 1.165) is 32.1 Å². The van der Waals surface area contributed by atoms with E-state index in [2.05, 4.69) is 55.4 Å². The fourth-order valence-corrected chi connectivity index (χ4v) is 4.59. The Kier molecular flexibility index (Phi) is 14.8. The van der Waals surface area contributed by atoms with Gasteiger partial charge in [-0.15, -0.1) is 0 Å². The van der Waals surface area contributed by atoms with Crippen molar-refractivity contribution in [1.29, 1.82) is 0 Å². The standard InChI is InChI=1S/C27H58N2O/c1-9-11-13-22(19-24(30)20-23(25(28)29)14-12-10-2)21(15-17-26(3,4)5)16-18-27(6,7)8/h21-25,30H,9-20,28-29H2,1-8H3. The molecule has 3 nitrogen and oxygen atoms in total. The largest absolute Gasteiger partial charge is 0.393 e. The first-order chi connectivity index (χ1) is 13.8. The molecule has 0 aliphatic heterocycles. The van der Waals surface area contributed by atoms with Crippen molar-refractivity contribution in [1.82, 2.24) is 0 Å². The molecule has 5 N–H and O–H groups in total. The van der Waals surface area contributed by atoms with Gasteiger partial charge in [-0.25, -0.2) is 0 Å². The van der Waals surface area contributed by atoms with Crippen molar-refractivity contribution in [2.24, 2.45) is 40.1 Å². The molecule has 0 radical (unpaired) electrons. The van der Waals surface area contributed by atoms with Gasteiger partial charge < -0.3 is 16.6 Å². The third kappa shape index (κ3) is 15.6. The zero-order chi connectivity index (χ0) is 23.4. The number of nitrogens with two attached hydrogens (primary N) is 2. The Morgan fingerprint density at radius 3 is 1.40 bits per heavy atom. The second kappa shape index (κ2) is 14.9. The monoisotopic (exact) mass is 426 g/mol. The van der Waals surface area contributed by atoms with E-state index >= 15 is 0 Å². The number of aliphatic hydroxyl groups is 1. The molecular weight excluding hydrogens is 368 g/mol. The lowest BCUT2D eigenvalue weighted by molar-refractivity contribution is 0.0798. The number of hydrogen-bond donors (Lipinski definition) is 3. The summed E-state index contributed by atoms with van der Waals surface area (Å²) in [6.45, 7) is 18.6. The van der Waals surface area contributed by atoms with Crippen molar-refractivity contribution < 1.29 is 5.11 Å². The van der Waals surface area contributed by atoms with Crippen LogP contribution in [-0.2, 0) is 0 Å². The topological polar surface area (TPSA) is 72.3 Å². The predicted octanol–water partition coefficient (Wildman–Crippen LogP) is 7.25. The van der Waals surface area contributed by atoms with Crippen LogP contribution in [0.15, 0.2) is 0 Å². The molecule has 0 rings (SSSR count). The van der Waals surface area contributed by atoms with E-state index in [4.69, 9.17) is 11.5 Å². The third-order valence-corrected chi connectivity index (χ3v) is 6.75. The van der Waals surface area contributed by atoms with E-state index in [1.165, 1.54) is 44.9 Å². The molecule has 0 aliphatic carbocycles. The van der Waals surface area contributed by atoms with Gasteiger partial charge in [-0.2, -0.15) is 0 Å². The van der Waals surface area contributed by atoms with Gasteiger partial charge in [0.1, 0.15) is 0 Å². The van der Waals surface area contributed by atoms with Gasteiger partial charge in [0.2, 0.25) is 0 Å². The lowest BCUT2D eigenvalue weighted by Crippen LogP contribution is -2.40. The minimum absolute atomic E-state index is 0.231. The Hall–Kier alpha value is -0.120. The third-order valence-electron chi connectivity index (χ3n) is 6.75. The van der Waals surface area contributed by atoms with Gasteiger partial charge >= 0.3 is 0 Å². The fraction of sp³-hybridized carbons (Fsp3) is 1.00. The molecule has 0 fully saturated rings. The smallest absolute Gasteiger partial charge is 0.0550 e. The van der Waals surface area contributed by atoms with Crippen molar-refractivity contribution in [3.8, 4) is 0 Å². The summed E-state index contributed by atoms with van der Waals surface area (Å²) in [5.74, 6) is 1.53. The van der Waals surface area contributed by atoms with E-state index in [0.29, 0.717) is 22.7 Å². The van der Waals surface area contributed by atoms with Crippen molar-refractivity contribution in [2.75, 3.05) is 0 Å². The molecule has 0 aliphatic rings. The Morgan fingerprint density at radius 2 is 1.03 bits per heavy atom. The van der Waals surface area contributed by atoms with E-state index < -0.39 is 0 Å². The van der Waals surface area contributed by atoms with Gasteiger partial charge in [0, 0.05) is 0 Å². The molecule has 0 saturated carbocycles. The van der Waals surface area contributed by atoms with E-state index in [-0.39, 0.29) is 18.2 Å². The van der Waals surface area contributed by atoms with Crippen LogP contribution in [-0.4, -0.2) is 17.4 Å². The summed E-state index contributed by atoms with van der Waals surface area (Å²) < 4.78 is 0. The highest BCUT2D eigenvalue weighted by atomic mass is 16.3. The quantitative estimate of drug-likeness (QED) is 0.227. The lowest BCUT2D eigenvalue weighted by Gasteiger charge is -2.34. The average Bonchev–Trinajstić information content (AvgIpc) is 2.60. The molecule has 0 aromatic heterocycles. The minimum atomic E-state index is -0.321. The molecule has 3 unspecified atom stereocenters. The molecule has 0 aromatic carbocycles. The maximum atomic E-state index is 11.0. The highest BCUT2D eigenvalue weighted by Crippen LogP contribution is 2.37. The predicted molar refractivity (Wildman–Crippen MR) is 134 cm³/mol. The lowest BCUT2D eigenvalue weighted by atomic mass is 9.73. The molecule has 0 saturated heterocycles. The summed E-state index contributed by atoms with van der Waals surface area (Å²) in [7, 11) is 0. The van der Waals surface area contributed by atoms with Crippen molar-refractivity contribution >= 4 is 0 Å². The summed E-state index contributed by atoms with van der Waals surface area (Å²) in [5.41, 5.74) is 12.8. The second-order valence-corrected chi connectivity index (χ2v) is 12.5. The van der Waals surface area contributed by atoms with Crippen molar-refractivity contribution in [3.05, 3.63) is 0 Å². The molecular formula is C27H58N2O. The number of rotatable bonds is 16. The summed E-state index contributed by atoms with van der Waals surface area (Å²) >= 11 is 0. The van der Waals surface area contributed by atoms with Crippen molar-refractivity contribution in [3.63, 3.8) is 0 Å². The zero-order valence-corrected chi connectivity index (χ0v) is 22.0. The van der Waals surface area contributed by atoms with Crippen LogP contribution < -0.4 is 11.5 Å². The van der Waals surface area contributed by atoms with Crippen LogP contribution in [0.2, 0.25) is 0 Å². The summed E-state index contributed by atoms with van der Waals surface area (Å²) in [4.78, 5) is 0. The highest BCUT2D eigenvalue weighted by Gasteiger charge is 2.28. The first-order valence-corrected chi connectivity index (χ1v) is 13.0. The maximum Gasteiger partial charge on any atom is 0.0550 e. The van der Waals surface area contributed by atoms with Crippen LogP contribution in [0.25, 0.3) is 0 Å². The summed E-state index contributed by atoms with van der Waals surface area (Å²) in [6, 6.07) is 0. The summed E-state index contributed by atoms with van der Waals surface area (Å²) in [5, 5.41) is 11.0. The molecule has 0 spiro atoms. The normalized spacial score (nSPS) is 16.3. The maximum absolute atomic E-state index is 11.0. The molecule has 0 amide bonds. The highest BCUT2D eigenvalue weighted by molar-refractivity contribution is 4.80. The van der Waals surface area contributed by atoms with E-state index in [1.54, 1.807) is 0 Å². The van der Waals surface area contributed by atoms with Crippen LogP contribution in [0.3, 0.4) is 0 Å². The first kappa shape index (κ1) is 29.9. The molecule has 3 atom stereocenters. The Balaban J connectivity index is 5.24. The van der Waals surface area contributed by atoms with E-state index in [9.17, 15) is 5.11 Å². The molecule has 0 bridgehead atoms. The van der Waals surface area contributed by atoms with Crippen LogP contribution in [0.4, 0.5) is 0 Å². The SMILES string of the molecule is CCCCC(CC(O)CC(CCCC)C(CCC(C)(C)C)CCC(C)(C)C)C(N)N. The Labute approximate surface area is 190 Å². The minimum Gasteiger partial charge on any atom is -0.393 e. The van der Waals surface area contributed by atoms with Gasteiger partial charge in [0.05, 0.1) is 12.3 Å². The van der Waals surface area contributed by atoms with Crippen LogP contribution in [0, 0.1) is 28.6 Å². The van der Waals surface area contributed by atoms with Gasteiger partial charge in [-0.3, -0.25) is 0 Å². The van der Waals surface area contributed by atoms with Crippen LogP contribution >= 0.6 is 0 Å². The van der Waals surface area contributed by atoms with Gasteiger partial charge in [0.15, 0.2) is 0 Å². The number of aliphatic hydroxyl groups excluding tert-OH is 1. The number of hydrogen-bond acceptors (Lipinski definition) is 3. The summed E-state index contributed by atoms with van der Waals surface area (Å²) in [6.07, 6.45) is 13.2. The van der Waals surface area contributed by atoms with Gasteiger partial charge in [-0.05, 0) is 73.5 Å². The Morgan fingerprint density at radius 1 is 0.633 bits per heavy atom. The van der Waals surface area contributed by atoms with Crippen LogP contribution in [0.1, 0.15) is 132 Å². The molecule has 30 heavy (non-hydrogen) atoms. The second-order valence-electron chi connectivity index (χ2n) is 12.5. The first-order valence-electron chi connectivity index (χ1n) is 13.0. The van der Waals surface area contributed by atoms with Crippen molar-refractivity contribution in [2.45, 2.75) is 145 Å². The molecule has 0 aromatic rings. The van der Waals surface area contributed by atoms with E-state index in [1.807, 2.05) is 0 Å². The number of unbranched alkanes of at least 4 members (excludes halogenated alkanes) is 2. The molecule has 182 valence electrons. The molecule has 0 heterocycles. The van der Waals surface area contributed by atoms with Gasteiger partial charge in [-0.1, -0.05) is 87.5 Å². The van der Waals surface area contributed by atoms with Gasteiger partial charge in [0.25, 0.3) is 0 Å². The zero-order valence-electron chi connectivity index (χ0n) is 22.0. The molecule has 3 heteroatoms. The van der Waals surface area contributed by atoms with Crippen LogP contribution in [0.5, 0.6) is 0 Å².